The van der Waals surface area contributed by atoms with Crippen LogP contribution >= 0.6 is 34.2 Å². The number of aryl methyl sites for hydroxylation is 2. The Kier molecular flexibility index (Phi) is 39.8. The van der Waals surface area contributed by atoms with Crippen molar-refractivity contribution < 1.29 is 48.6 Å². The second-order valence-corrected chi connectivity index (χ2v) is 65.1. The topological polar surface area (TPSA) is 350 Å². The number of fused-ring (bicyclic) bond motifs is 5. The van der Waals surface area contributed by atoms with Gasteiger partial charge in [-0.25, -0.2) is 18.7 Å². The number of nitro benzene ring substituents is 3. The Morgan fingerprint density at radius 1 is 0.373 bits per heavy atom. The van der Waals surface area contributed by atoms with Crippen molar-refractivity contribution in [1.29, 1.82) is 0 Å². The Morgan fingerprint density at radius 3 is 1.09 bits per heavy atom. The van der Waals surface area contributed by atoms with E-state index in [-0.39, 0.29) is 38.4 Å². The highest BCUT2D eigenvalue weighted by Gasteiger charge is 2.25. The van der Waals surface area contributed by atoms with E-state index in [0.29, 0.717) is 44.6 Å². The summed E-state index contributed by atoms with van der Waals surface area (Å²) in [4.78, 5) is 43.4. The molecule has 0 saturated carbocycles. The fraction of sp³-hybridized carbons (Fsp3) is 0.224. The second-order valence-electron chi connectivity index (χ2n) is 41.0. The predicted molar refractivity (Wildman–Crippen MR) is 628 cm³/mol. The van der Waals surface area contributed by atoms with E-state index < -0.39 is 49.3 Å². The number of nitrogens with one attached hydrogen (secondary N) is 1. The molecule has 0 fully saturated rings. The SMILES string of the molecule is C[Si](C)(C)CCOCn1nc(-c2ccccc2)c2cc(I)ccc21.C[Si](C)(C)CCOCn1nc(-c2ccccc2)c2cc(N)ccc21.C[Si](C)(C)CCOCn1nc(-c2ccccc2)c2cc([N+](=O)[O-])ccc21.Cc1ccccc1-c1ccc2c(c1)c(-c1ccccc1)nn2COCC[Si](C)(C)C.Cc1ccccc1B(O)O.O=C(c1ccccc1)c1cc([N+](=O)[O-])ccc1Cl.O=[N+]([O-])c1ccc2[nH]nc(-c3ccccc3)c2c1. The van der Waals surface area contributed by atoms with Crippen LogP contribution in [0.1, 0.15) is 27.0 Å². The van der Waals surface area contributed by atoms with Crippen LogP contribution in [-0.4, -0.2) is 146 Å². The van der Waals surface area contributed by atoms with Crippen LogP contribution in [0.3, 0.4) is 0 Å². The molecule has 0 atom stereocenters. The standard InChI is InChI=1S/C26H30N2OSi.C19H23IN2OSi.C19H23N3O3Si.C19H25N3OSi.C13H8ClNO3.C13H9N3O2.C7H9BO2/c1-20-10-8-9-13-23(20)22-14-15-25-24(18-22)26(21-11-6-5-7-12-21)27-28(25)19-29-16-17-30(2,3)4;1-24(2,3)12-11-23-14-22-18-10-9-16(20)13-17(18)19(21-22)15-7-5-4-6-8-15;1-26(2,3)12-11-25-14-21-18-10-9-16(22(23)24)13-17(18)19(20-21)15-7-5-4-6-8-15;1-24(2,3)12-11-23-14-22-18-10-9-16(20)13-17(18)19(21-22)15-7-5-4-6-8-15;14-12-7-6-10(15(17)18)8-11(12)13(16)9-4-2-1-3-5-9;17-16(18)10-6-7-12-11(8-10)13(15-14-12)9-4-2-1-3-5-9;1-6-4-2-3-5-7(6)8(9)10/h5-15,18H,16-17,19H2,1-4H3;4-10,13H,11-12,14H2,1-3H3;4-10,13H,11-12,14H2,1-3H3;4-10,13H,11-12,14,20H2,1-3H3;1-8H;1-8H,(H,14,15);2-5,9-10H,1H3. The molecule has 0 amide bonds. The molecule has 0 saturated heterocycles. The summed E-state index contributed by atoms with van der Waals surface area (Å²) in [6.45, 7) is 37.1. The molecule has 0 spiro atoms. The number of nitro groups is 3. The van der Waals surface area contributed by atoms with Crippen LogP contribution in [0.25, 0.3) is 122 Å². The molecular formula is C116H127BClIN14O13Si4. The zero-order chi connectivity index (χ0) is 107. The van der Waals surface area contributed by atoms with Crippen LogP contribution in [0.2, 0.25) is 108 Å². The number of nitrogen functional groups attached to an aromatic ring is 1. The van der Waals surface area contributed by atoms with Crippen LogP contribution in [0.4, 0.5) is 22.7 Å². The highest BCUT2D eigenvalue weighted by atomic mass is 127. The molecule has 5 heterocycles. The zero-order valence-corrected chi connectivity index (χ0v) is 93.9. The highest BCUT2D eigenvalue weighted by molar-refractivity contribution is 14.1. The van der Waals surface area contributed by atoms with E-state index in [1.807, 2.05) is 142 Å². The monoisotopic (exact) mass is 2210 g/mol. The maximum atomic E-state index is 12.1. The summed E-state index contributed by atoms with van der Waals surface area (Å²) in [7, 11) is -5.73. The van der Waals surface area contributed by atoms with Crippen LogP contribution < -0.4 is 11.2 Å². The Morgan fingerprint density at radius 2 is 0.700 bits per heavy atom. The number of anilines is 1. The number of carbonyl (C=O) groups excluding carboxylic acids is 1. The lowest BCUT2D eigenvalue weighted by Gasteiger charge is -2.15. The second kappa shape index (κ2) is 52.8. The molecule has 150 heavy (non-hydrogen) atoms. The number of aromatic amines is 1. The first-order valence-corrected chi connectivity index (χ1v) is 65.8. The number of halogens is 2. The fourth-order valence-electron chi connectivity index (χ4n) is 16.0. The average molecular weight is 2210 g/mol. The van der Waals surface area contributed by atoms with E-state index in [0.717, 1.165) is 155 Å². The van der Waals surface area contributed by atoms with Crippen LogP contribution in [0, 0.1) is 47.8 Å². The maximum Gasteiger partial charge on any atom is 0.488 e. The molecule has 0 radical (unpaired) electrons. The van der Waals surface area contributed by atoms with Crippen molar-refractivity contribution in [1.82, 2.24) is 49.3 Å². The smallest absolute Gasteiger partial charge is 0.423 e. The van der Waals surface area contributed by atoms with Gasteiger partial charge in [0.1, 0.15) is 55.4 Å². The van der Waals surface area contributed by atoms with Gasteiger partial charge in [-0.05, 0) is 149 Å². The van der Waals surface area contributed by atoms with Gasteiger partial charge in [0.15, 0.2) is 5.78 Å². The number of hydrogen-bond donors (Lipinski definition) is 4. The lowest BCUT2D eigenvalue weighted by atomic mass is 9.77. The average Bonchev–Trinajstić information content (AvgIpc) is 1.62. The van der Waals surface area contributed by atoms with Gasteiger partial charge in [0.2, 0.25) is 0 Å². The summed E-state index contributed by atoms with van der Waals surface area (Å²) < 4.78 is 32.6. The summed E-state index contributed by atoms with van der Waals surface area (Å²) in [6, 6.07) is 111. The highest BCUT2D eigenvalue weighted by Crippen LogP contribution is 2.38. The third-order valence-corrected chi connectivity index (χ3v) is 32.2. The van der Waals surface area contributed by atoms with Crippen molar-refractivity contribution >= 4 is 162 Å². The van der Waals surface area contributed by atoms with Gasteiger partial charge in [-0.3, -0.25) is 40.2 Å². The largest absolute Gasteiger partial charge is 0.488 e. The Labute approximate surface area is 897 Å². The number of carbonyl (C=O) groups is 1. The lowest BCUT2D eigenvalue weighted by molar-refractivity contribution is -0.385. The Bertz CT molecular complexity index is 7620. The normalized spacial score (nSPS) is 11.4. The number of nitrogens with two attached hydrogens (primary N) is 1. The molecule has 5 N–H and O–H groups in total. The van der Waals surface area contributed by atoms with Crippen molar-refractivity contribution in [3.05, 3.63) is 401 Å². The van der Waals surface area contributed by atoms with E-state index in [4.69, 9.17) is 61.6 Å². The molecule has 19 aromatic rings. The van der Waals surface area contributed by atoms with Gasteiger partial charge < -0.3 is 34.7 Å². The number of rotatable bonds is 32. The number of benzene rings is 14. The first-order valence-electron chi connectivity index (χ1n) is 49.5. The van der Waals surface area contributed by atoms with Crippen molar-refractivity contribution in [3.63, 3.8) is 0 Å². The molecule has 19 rings (SSSR count). The van der Waals surface area contributed by atoms with Crippen LogP contribution in [0.15, 0.2) is 340 Å². The van der Waals surface area contributed by atoms with Crippen molar-refractivity contribution in [2.75, 3.05) is 32.2 Å². The summed E-state index contributed by atoms with van der Waals surface area (Å²) in [5, 5.41) is 81.6. The van der Waals surface area contributed by atoms with Gasteiger partial charge in [0.25, 0.3) is 17.1 Å². The number of ether oxygens (including phenoxy) is 4. The van der Waals surface area contributed by atoms with Crippen LogP contribution in [0.5, 0.6) is 0 Å². The van der Waals surface area contributed by atoms with E-state index in [2.05, 4.69) is 245 Å². The first-order chi connectivity index (χ1) is 71.7. The van der Waals surface area contributed by atoms with Gasteiger partial charge in [-0.2, -0.15) is 25.5 Å². The minimum Gasteiger partial charge on any atom is -0.423 e. The zero-order valence-electron chi connectivity index (χ0n) is 87.0. The van der Waals surface area contributed by atoms with Gasteiger partial charge in [-0.1, -0.05) is 332 Å². The van der Waals surface area contributed by atoms with Gasteiger partial charge >= 0.3 is 7.12 Å². The first kappa shape index (κ1) is 113. The number of ketones is 1. The Hall–Kier alpha value is -14.2. The quantitative estimate of drug-likeness (QED) is 0.00579. The summed E-state index contributed by atoms with van der Waals surface area (Å²) in [6.07, 6.45) is 0. The minimum absolute atomic E-state index is 0.0638. The number of nitrogens with zero attached hydrogens (tertiary/aromatic N) is 12. The number of hydrogen-bond acceptors (Lipinski definition) is 19. The lowest BCUT2D eigenvalue weighted by Crippen LogP contribution is -2.31. The van der Waals surface area contributed by atoms with E-state index in [1.54, 1.807) is 71.4 Å². The number of H-pyrrole nitrogens is 1. The van der Waals surface area contributed by atoms with Gasteiger partial charge in [-0.15, -0.1) is 0 Å². The van der Waals surface area contributed by atoms with Gasteiger partial charge in [0, 0.05) is 170 Å². The molecule has 0 bridgehead atoms. The molecule has 0 aliphatic carbocycles. The molecule has 14 aromatic carbocycles. The number of non-ortho nitro benzene ring substituents is 3. The van der Waals surface area contributed by atoms with Gasteiger partial charge in [0.05, 0.1) is 47.4 Å². The number of aromatic nitrogens is 10. The van der Waals surface area contributed by atoms with E-state index >= 15 is 0 Å². The molecule has 0 unspecified atom stereocenters. The minimum atomic E-state index is -1.35. The molecule has 0 aliphatic heterocycles. The summed E-state index contributed by atoms with van der Waals surface area (Å²) >= 11 is 8.26. The van der Waals surface area contributed by atoms with Crippen LogP contribution in [-0.2, 0) is 45.9 Å². The third kappa shape index (κ3) is 32.2. The predicted octanol–water partition coefficient (Wildman–Crippen LogP) is 28.4. The maximum absolute atomic E-state index is 12.1. The molecule has 772 valence electrons. The molecular weight excluding hydrogens is 2080 g/mol. The van der Waals surface area contributed by atoms with Crippen molar-refractivity contribution in [2.45, 2.75) is 144 Å². The summed E-state index contributed by atoms with van der Waals surface area (Å²) in [5.74, 6) is -0.329. The summed E-state index contributed by atoms with van der Waals surface area (Å²) in [5.41, 5.74) is 27.1. The Balaban J connectivity index is 0.000000148. The third-order valence-electron chi connectivity index (χ3n) is 24.4. The molecule has 34 heteroatoms. The molecule has 5 aromatic heterocycles. The van der Waals surface area contributed by atoms with E-state index in [9.17, 15) is 35.1 Å². The van der Waals surface area contributed by atoms with Crippen molar-refractivity contribution in [2.24, 2.45) is 0 Å². The van der Waals surface area contributed by atoms with Crippen molar-refractivity contribution in [3.8, 4) is 67.4 Å². The molecule has 0 aliphatic rings. The van der Waals surface area contributed by atoms with E-state index in [1.165, 1.54) is 62.0 Å². The molecule has 27 nitrogen and oxygen atoms in total. The fourth-order valence-corrected chi connectivity index (χ4v) is 19.7.